The number of amides is 1. The van der Waals surface area contributed by atoms with Crippen LogP contribution in [0.5, 0.6) is 0 Å². The van der Waals surface area contributed by atoms with Crippen molar-refractivity contribution < 1.29 is 4.79 Å². The molecule has 5 heteroatoms. The van der Waals surface area contributed by atoms with Gasteiger partial charge in [-0.1, -0.05) is 12.1 Å². The number of primary amides is 1. The quantitative estimate of drug-likeness (QED) is 0.899. The summed E-state index contributed by atoms with van der Waals surface area (Å²) < 4.78 is 1.94. The first-order valence-electron chi connectivity index (χ1n) is 6.56. The summed E-state index contributed by atoms with van der Waals surface area (Å²) in [7, 11) is 0. The first-order valence-corrected chi connectivity index (χ1v) is 6.56. The molecule has 1 atom stereocenters. The minimum absolute atomic E-state index is 0.0662. The van der Waals surface area contributed by atoms with Crippen LogP contribution in [0.2, 0.25) is 0 Å². The average Bonchev–Trinajstić information content (AvgIpc) is 2.91. The minimum Gasteiger partial charge on any atom is -0.363 e. The van der Waals surface area contributed by atoms with E-state index in [2.05, 4.69) is 11.1 Å². The predicted molar refractivity (Wildman–Crippen MR) is 73.0 cm³/mol. The largest absolute Gasteiger partial charge is 0.363 e. The number of hydrogen-bond donors (Lipinski definition) is 1. The van der Waals surface area contributed by atoms with Crippen LogP contribution in [-0.2, 0) is 6.42 Å². The second-order valence-corrected chi connectivity index (χ2v) is 4.95. The Balaban J connectivity index is 2.06. The van der Waals surface area contributed by atoms with Crippen molar-refractivity contribution in [1.82, 2.24) is 9.55 Å². The van der Waals surface area contributed by atoms with Gasteiger partial charge < -0.3 is 10.3 Å². The highest BCUT2D eigenvalue weighted by atomic mass is 16.1. The fourth-order valence-corrected chi connectivity index (χ4v) is 2.81. The van der Waals surface area contributed by atoms with Gasteiger partial charge in [0.2, 0.25) is 0 Å². The van der Waals surface area contributed by atoms with Crippen molar-refractivity contribution in [2.45, 2.75) is 25.3 Å². The Bertz CT molecular complexity index is 694. The number of aromatic nitrogens is 2. The topological polar surface area (TPSA) is 84.7 Å². The van der Waals surface area contributed by atoms with Crippen LogP contribution in [-0.4, -0.2) is 15.5 Å². The van der Waals surface area contributed by atoms with Crippen molar-refractivity contribution in [1.29, 1.82) is 5.26 Å². The first-order chi connectivity index (χ1) is 9.70. The molecule has 2 N–H and O–H groups in total. The Hall–Kier alpha value is -2.61. The molecule has 0 spiro atoms. The molecule has 3 rings (SSSR count). The zero-order valence-corrected chi connectivity index (χ0v) is 10.9. The van der Waals surface area contributed by atoms with Crippen LogP contribution in [0.15, 0.2) is 30.5 Å². The maximum Gasteiger partial charge on any atom is 0.284 e. The van der Waals surface area contributed by atoms with Crippen LogP contribution in [0, 0.1) is 11.3 Å². The van der Waals surface area contributed by atoms with Crippen LogP contribution in [0.3, 0.4) is 0 Å². The summed E-state index contributed by atoms with van der Waals surface area (Å²) in [5.74, 6) is -0.189. The van der Waals surface area contributed by atoms with Gasteiger partial charge in [-0.05, 0) is 37.0 Å². The number of carbonyl (C=O) groups is 1. The molecule has 1 aliphatic rings. The van der Waals surface area contributed by atoms with Crippen LogP contribution in [0.25, 0.3) is 0 Å². The van der Waals surface area contributed by atoms with Gasteiger partial charge in [0, 0.05) is 11.9 Å². The lowest BCUT2D eigenvalue weighted by Gasteiger charge is -2.27. The summed E-state index contributed by atoms with van der Waals surface area (Å²) in [6.45, 7) is 0. The van der Waals surface area contributed by atoms with Crippen molar-refractivity contribution in [3.63, 3.8) is 0 Å². The number of nitrogens with zero attached hydrogens (tertiary/aromatic N) is 3. The molecule has 0 aliphatic carbocycles. The van der Waals surface area contributed by atoms with E-state index in [9.17, 15) is 4.79 Å². The van der Waals surface area contributed by atoms with Crippen molar-refractivity contribution in [2.24, 2.45) is 5.73 Å². The molecule has 1 amide bonds. The SMILES string of the molecule is N#Cc1ccc(C2CCCc3cnc(C(N)=O)n32)cc1. The highest BCUT2D eigenvalue weighted by Gasteiger charge is 2.26. The lowest BCUT2D eigenvalue weighted by molar-refractivity contribution is 0.0983. The van der Waals surface area contributed by atoms with E-state index in [1.54, 1.807) is 18.3 Å². The third-order valence-electron chi connectivity index (χ3n) is 3.74. The zero-order chi connectivity index (χ0) is 14.1. The molecule has 2 heterocycles. The van der Waals surface area contributed by atoms with E-state index in [0.29, 0.717) is 11.4 Å². The predicted octanol–water partition coefficient (Wildman–Crippen LogP) is 1.78. The standard InChI is InChI=1S/C15H14N4O/c16-8-10-4-6-11(7-5-10)13-3-1-2-12-9-18-15(14(17)20)19(12)13/h4-7,9,13H,1-3H2,(H2,17,20). The monoisotopic (exact) mass is 266 g/mol. The van der Waals surface area contributed by atoms with E-state index in [1.807, 2.05) is 16.7 Å². The summed E-state index contributed by atoms with van der Waals surface area (Å²) >= 11 is 0. The average molecular weight is 266 g/mol. The van der Waals surface area contributed by atoms with Crippen LogP contribution in [0.1, 0.15) is 46.3 Å². The Morgan fingerprint density at radius 3 is 2.80 bits per heavy atom. The van der Waals surface area contributed by atoms with Gasteiger partial charge >= 0.3 is 0 Å². The van der Waals surface area contributed by atoms with E-state index in [4.69, 9.17) is 11.0 Å². The van der Waals surface area contributed by atoms with Crippen LogP contribution < -0.4 is 5.73 Å². The number of imidazole rings is 1. The number of aryl methyl sites for hydroxylation is 1. The molecule has 5 nitrogen and oxygen atoms in total. The zero-order valence-electron chi connectivity index (χ0n) is 10.9. The van der Waals surface area contributed by atoms with E-state index in [1.165, 1.54) is 0 Å². The molecule has 1 aliphatic heterocycles. The van der Waals surface area contributed by atoms with Gasteiger partial charge in [0.1, 0.15) is 0 Å². The lowest BCUT2D eigenvalue weighted by Crippen LogP contribution is -2.25. The number of nitrogens with two attached hydrogens (primary N) is 1. The summed E-state index contributed by atoms with van der Waals surface area (Å²) in [6, 6.07) is 9.63. The summed E-state index contributed by atoms with van der Waals surface area (Å²) in [5.41, 5.74) is 8.15. The van der Waals surface area contributed by atoms with Gasteiger partial charge in [-0.3, -0.25) is 4.79 Å². The second kappa shape index (κ2) is 4.82. The van der Waals surface area contributed by atoms with Gasteiger partial charge in [-0.25, -0.2) is 4.98 Å². The highest BCUT2D eigenvalue weighted by molar-refractivity contribution is 5.89. The maximum absolute atomic E-state index is 11.5. The molecule has 0 radical (unpaired) electrons. The van der Waals surface area contributed by atoms with Gasteiger partial charge in [-0.2, -0.15) is 5.26 Å². The van der Waals surface area contributed by atoms with Gasteiger partial charge in [0.25, 0.3) is 5.91 Å². The molecule has 20 heavy (non-hydrogen) atoms. The number of hydrogen-bond acceptors (Lipinski definition) is 3. The fraction of sp³-hybridized carbons (Fsp3) is 0.267. The number of rotatable bonds is 2. The summed E-state index contributed by atoms with van der Waals surface area (Å²) in [4.78, 5) is 15.7. The molecule has 1 unspecified atom stereocenters. The molecule has 1 aromatic heterocycles. The van der Waals surface area contributed by atoms with E-state index in [0.717, 1.165) is 30.5 Å². The number of benzene rings is 1. The third kappa shape index (κ3) is 1.95. The smallest absolute Gasteiger partial charge is 0.284 e. The van der Waals surface area contributed by atoms with E-state index in [-0.39, 0.29) is 6.04 Å². The number of carbonyl (C=O) groups excluding carboxylic acids is 1. The summed E-state index contributed by atoms with van der Waals surface area (Å²) in [6.07, 6.45) is 4.63. The Morgan fingerprint density at radius 1 is 1.40 bits per heavy atom. The van der Waals surface area contributed by atoms with Crippen molar-refractivity contribution in [3.8, 4) is 6.07 Å². The van der Waals surface area contributed by atoms with E-state index >= 15 is 0 Å². The van der Waals surface area contributed by atoms with Crippen molar-refractivity contribution in [3.05, 3.63) is 53.1 Å². The lowest BCUT2D eigenvalue weighted by atomic mass is 9.95. The second-order valence-electron chi connectivity index (χ2n) is 4.95. The van der Waals surface area contributed by atoms with E-state index < -0.39 is 5.91 Å². The molecule has 1 aromatic carbocycles. The van der Waals surface area contributed by atoms with Crippen LogP contribution in [0.4, 0.5) is 0 Å². The van der Waals surface area contributed by atoms with Crippen molar-refractivity contribution >= 4 is 5.91 Å². The molecule has 0 saturated carbocycles. The Kier molecular flexibility index (Phi) is 2.99. The molecular formula is C15H14N4O. The molecule has 0 fully saturated rings. The Labute approximate surface area is 116 Å². The molecule has 2 aromatic rings. The van der Waals surface area contributed by atoms with Crippen LogP contribution >= 0.6 is 0 Å². The maximum atomic E-state index is 11.5. The normalized spacial score (nSPS) is 17.2. The number of nitriles is 1. The van der Waals surface area contributed by atoms with Gasteiger partial charge in [0.15, 0.2) is 5.82 Å². The summed E-state index contributed by atoms with van der Waals surface area (Å²) in [5, 5.41) is 8.85. The highest BCUT2D eigenvalue weighted by Crippen LogP contribution is 2.32. The molecule has 0 bridgehead atoms. The minimum atomic E-state index is -0.503. The number of fused-ring (bicyclic) bond motifs is 1. The van der Waals surface area contributed by atoms with Crippen molar-refractivity contribution in [2.75, 3.05) is 0 Å². The fourth-order valence-electron chi connectivity index (χ4n) is 2.81. The molecule has 100 valence electrons. The third-order valence-corrected chi connectivity index (χ3v) is 3.74. The van der Waals surface area contributed by atoms with Gasteiger partial charge in [-0.15, -0.1) is 0 Å². The Morgan fingerprint density at radius 2 is 2.15 bits per heavy atom. The van der Waals surface area contributed by atoms with Gasteiger partial charge in [0.05, 0.1) is 17.7 Å². The molecular weight excluding hydrogens is 252 g/mol. The molecule has 0 saturated heterocycles. The first kappa shape index (κ1) is 12.4.